The van der Waals surface area contributed by atoms with E-state index in [9.17, 15) is 4.79 Å². The zero-order chi connectivity index (χ0) is 10.4. The highest BCUT2D eigenvalue weighted by molar-refractivity contribution is 9.10. The van der Waals surface area contributed by atoms with Crippen molar-refractivity contribution < 1.29 is 4.79 Å². The number of aldehydes is 1. The first kappa shape index (κ1) is 11.4. The molecular formula is C10H13BrN2O. The number of carbonyl (C=O) groups excluding carboxylic acids is 1. The van der Waals surface area contributed by atoms with E-state index >= 15 is 0 Å². The lowest BCUT2D eigenvalue weighted by molar-refractivity contribution is -0.108. The second-order valence-electron chi connectivity index (χ2n) is 3.06. The van der Waals surface area contributed by atoms with Gasteiger partial charge in [0.1, 0.15) is 6.29 Å². The number of halogens is 1. The van der Waals surface area contributed by atoms with Crippen molar-refractivity contribution in [3.8, 4) is 0 Å². The minimum Gasteiger partial charge on any atom is -0.303 e. The number of rotatable bonds is 5. The molecule has 0 aromatic heterocycles. The molecule has 0 aliphatic rings. The fourth-order valence-electron chi connectivity index (χ4n) is 1.33. The smallest absolute Gasteiger partial charge is 0.120 e. The topological polar surface area (TPSA) is 55.1 Å². The summed E-state index contributed by atoms with van der Waals surface area (Å²) >= 11 is 3.36. The standard InChI is InChI=1S/C10H13BrN2O/c11-10-3-1-8(2-4-10)9(5-6-14)7-13-12/h1-4,6,9,13H,5,7,12H2/t9-/m0/s1. The second kappa shape index (κ2) is 5.90. The van der Waals surface area contributed by atoms with Crippen LogP contribution in [0, 0.1) is 0 Å². The maximum atomic E-state index is 10.5. The summed E-state index contributed by atoms with van der Waals surface area (Å²) < 4.78 is 1.03. The fourth-order valence-corrected chi connectivity index (χ4v) is 1.59. The van der Waals surface area contributed by atoms with Gasteiger partial charge in [-0.3, -0.25) is 11.3 Å². The molecule has 0 saturated heterocycles. The quantitative estimate of drug-likeness (QED) is 0.478. The first-order chi connectivity index (χ1) is 6.77. The Morgan fingerprint density at radius 2 is 2.07 bits per heavy atom. The number of hydrogen-bond donors (Lipinski definition) is 2. The Hall–Kier alpha value is -0.710. The minimum atomic E-state index is 0.158. The Morgan fingerprint density at radius 3 is 2.57 bits per heavy atom. The van der Waals surface area contributed by atoms with Crippen molar-refractivity contribution in [2.45, 2.75) is 12.3 Å². The third-order valence-corrected chi connectivity index (χ3v) is 2.62. The predicted octanol–water partition coefficient (Wildman–Crippen LogP) is 1.59. The van der Waals surface area contributed by atoms with Crippen LogP contribution in [-0.2, 0) is 4.79 Å². The molecule has 0 amide bonds. The Balaban J connectivity index is 2.76. The number of carbonyl (C=O) groups is 1. The molecule has 76 valence electrons. The van der Waals surface area contributed by atoms with E-state index < -0.39 is 0 Å². The molecule has 0 radical (unpaired) electrons. The monoisotopic (exact) mass is 256 g/mol. The Labute approximate surface area is 91.8 Å². The molecule has 0 bridgehead atoms. The summed E-state index contributed by atoms with van der Waals surface area (Å²) in [7, 11) is 0. The third kappa shape index (κ3) is 3.21. The van der Waals surface area contributed by atoms with Crippen molar-refractivity contribution in [2.24, 2.45) is 5.84 Å². The van der Waals surface area contributed by atoms with Gasteiger partial charge >= 0.3 is 0 Å². The van der Waals surface area contributed by atoms with Crippen LogP contribution in [0.15, 0.2) is 28.7 Å². The van der Waals surface area contributed by atoms with E-state index in [0.717, 1.165) is 16.3 Å². The number of benzene rings is 1. The van der Waals surface area contributed by atoms with Crippen LogP contribution in [-0.4, -0.2) is 12.8 Å². The summed E-state index contributed by atoms with van der Waals surface area (Å²) in [6.07, 6.45) is 1.41. The van der Waals surface area contributed by atoms with Gasteiger partial charge in [-0.25, -0.2) is 0 Å². The van der Waals surface area contributed by atoms with Gasteiger partial charge in [-0.2, -0.15) is 0 Å². The summed E-state index contributed by atoms with van der Waals surface area (Å²) in [5.41, 5.74) is 3.72. The average molecular weight is 257 g/mol. The van der Waals surface area contributed by atoms with Gasteiger partial charge in [0.25, 0.3) is 0 Å². The fraction of sp³-hybridized carbons (Fsp3) is 0.300. The second-order valence-corrected chi connectivity index (χ2v) is 3.97. The number of nitrogens with one attached hydrogen (secondary N) is 1. The molecule has 3 nitrogen and oxygen atoms in total. The van der Waals surface area contributed by atoms with Crippen LogP contribution in [0.3, 0.4) is 0 Å². The van der Waals surface area contributed by atoms with Crippen LogP contribution in [0.1, 0.15) is 17.9 Å². The van der Waals surface area contributed by atoms with Crippen LogP contribution >= 0.6 is 15.9 Å². The van der Waals surface area contributed by atoms with E-state index in [1.54, 1.807) is 0 Å². The van der Waals surface area contributed by atoms with Crippen molar-refractivity contribution in [1.29, 1.82) is 0 Å². The van der Waals surface area contributed by atoms with E-state index in [0.29, 0.717) is 13.0 Å². The summed E-state index contributed by atoms with van der Waals surface area (Å²) in [4.78, 5) is 10.5. The van der Waals surface area contributed by atoms with Crippen molar-refractivity contribution in [3.05, 3.63) is 34.3 Å². The molecule has 1 rings (SSSR count). The molecule has 1 aromatic carbocycles. The molecule has 1 atom stereocenters. The van der Waals surface area contributed by atoms with Crippen LogP contribution in [0.2, 0.25) is 0 Å². The predicted molar refractivity (Wildman–Crippen MR) is 59.8 cm³/mol. The van der Waals surface area contributed by atoms with Gasteiger partial charge < -0.3 is 4.79 Å². The Kier molecular flexibility index (Phi) is 4.79. The van der Waals surface area contributed by atoms with E-state index in [1.807, 2.05) is 24.3 Å². The summed E-state index contributed by atoms with van der Waals surface area (Å²) in [5, 5.41) is 0. The third-order valence-electron chi connectivity index (χ3n) is 2.09. The summed E-state index contributed by atoms with van der Waals surface area (Å²) in [5.74, 6) is 5.41. The van der Waals surface area contributed by atoms with Crippen LogP contribution in [0.5, 0.6) is 0 Å². The molecule has 14 heavy (non-hydrogen) atoms. The summed E-state index contributed by atoms with van der Waals surface area (Å²) in [6.45, 7) is 0.611. The van der Waals surface area contributed by atoms with Crippen molar-refractivity contribution >= 4 is 22.2 Å². The van der Waals surface area contributed by atoms with Crippen molar-refractivity contribution in [2.75, 3.05) is 6.54 Å². The van der Waals surface area contributed by atoms with Gasteiger partial charge in [0.2, 0.25) is 0 Å². The molecule has 0 spiro atoms. The molecular weight excluding hydrogens is 244 g/mol. The highest BCUT2D eigenvalue weighted by Gasteiger charge is 2.09. The van der Waals surface area contributed by atoms with E-state index in [4.69, 9.17) is 5.84 Å². The lowest BCUT2D eigenvalue weighted by atomic mass is 9.97. The first-order valence-corrected chi connectivity index (χ1v) is 5.19. The van der Waals surface area contributed by atoms with E-state index in [2.05, 4.69) is 21.4 Å². The van der Waals surface area contributed by atoms with Crippen LogP contribution < -0.4 is 11.3 Å². The maximum absolute atomic E-state index is 10.5. The zero-order valence-electron chi connectivity index (χ0n) is 7.74. The number of nitrogens with two attached hydrogens (primary N) is 1. The van der Waals surface area contributed by atoms with Gasteiger partial charge in [0.05, 0.1) is 0 Å². The van der Waals surface area contributed by atoms with Crippen LogP contribution in [0.25, 0.3) is 0 Å². The highest BCUT2D eigenvalue weighted by atomic mass is 79.9. The molecule has 0 aliphatic carbocycles. The number of hydrogen-bond acceptors (Lipinski definition) is 3. The SMILES string of the molecule is NNC[C@H](CC=O)c1ccc(Br)cc1. The van der Waals surface area contributed by atoms with Gasteiger partial charge in [-0.15, -0.1) is 0 Å². The Morgan fingerprint density at radius 1 is 1.43 bits per heavy atom. The minimum absolute atomic E-state index is 0.158. The lowest BCUT2D eigenvalue weighted by Gasteiger charge is -2.13. The van der Waals surface area contributed by atoms with Crippen LogP contribution in [0.4, 0.5) is 0 Å². The summed E-state index contributed by atoms with van der Waals surface area (Å²) in [6, 6.07) is 7.92. The molecule has 4 heteroatoms. The first-order valence-electron chi connectivity index (χ1n) is 4.40. The van der Waals surface area contributed by atoms with Gasteiger partial charge in [-0.05, 0) is 17.7 Å². The molecule has 3 N–H and O–H groups in total. The van der Waals surface area contributed by atoms with Gasteiger partial charge in [0, 0.05) is 23.4 Å². The van der Waals surface area contributed by atoms with Gasteiger partial charge in [0.15, 0.2) is 0 Å². The largest absolute Gasteiger partial charge is 0.303 e. The zero-order valence-corrected chi connectivity index (χ0v) is 9.33. The number of hydrazine groups is 1. The molecule has 0 saturated carbocycles. The maximum Gasteiger partial charge on any atom is 0.120 e. The molecule has 0 fully saturated rings. The Bertz CT molecular complexity index is 287. The van der Waals surface area contributed by atoms with E-state index in [1.165, 1.54) is 0 Å². The highest BCUT2D eigenvalue weighted by Crippen LogP contribution is 2.20. The molecule has 0 aliphatic heterocycles. The van der Waals surface area contributed by atoms with E-state index in [-0.39, 0.29) is 5.92 Å². The molecule has 0 unspecified atom stereocenters. The lowest BCUT2D eigenvalue weighted by Crippen LogP contribution is -2.28. The normalized spacial score (nSPS) is 12.4. The van der Waals surface area contributed by atoms with Gasteiger partial charge in [-0.1, -0.05) is 28.1 Å². The van der Waals surface area contributed by atoms with Crippen molar-refractivity contribution in [1.82, 2.24) is 5.43 Å². The molecule has 0 heterocycles. The molecule has 1 aromatic rings. The van der Waals surface area contributed by atoms with Crippen molar-refractivity contribution in [3.63, 3.8) is 0 Å². The average Bonchev–Trinajstić information content (AvgIpc) is 2.19.